The van der Waals surface area contributed by atoms with Crippen molar-refractivity contribution in [3.63, 3.8) is 0 Å². The number of carbonyl (C=O) groups excluding carboxylic acids is 1. The fraction of sp³-hybridized carbons (Fsp3) is 0.263. The molecule has 0 spiro atoms. The second-order valence-corrected chi connectivity index (χ2v) is 8.10. The third-order valence-electron chi connectivity index (χ3n) is 4.36. The highest BCUT2D eigenvalue weighted by atomic mass is 35.5. The van der Waals surface area contributed by atoms with Crippen molar-refractivity contribution in [3.8, 4) is 5.75 Å². The molecule has 30 heavy (non-hydrogen) atoms. The van der Waals surface area contributed by atoms with Gasteiger partial charge >= 0.3 is 0 Å². The molecule has 160 valence electrons. The van der Waals surface area contributed by atoms with Crippen molar-refractivity contribution in [2.24, 2.45) is 0 Å². The van der Waals surface area contributed by atoms with E-state index in [2.05, 4.69) is 10.4 Å². The van der Waals surface area contributed by atoms with Crippen molar-refractivity contribution in [2.75, 3.05) is 0 Å². The van der Waals surface area contributed by atoms with E-state index < -0.39 is 0 Å². The van der Waals surface area contributed by atoms with Gasteiger partial charge in [0.2, 0.25) is 0 Å². The summed E-state index contributed by atoms with van der Waals surface area (Å²) in [6, 6.07) is 3.15. The Labute approximate surface area is 197 Å². The molecular weight excluding hydrogens is 495 g/mol. The van der Waals surface area contributed by atoms with Crippen molar-refractivity contribution < 1.29 is 13.9 Å². The van der Waals surface area contributed by atoms with Gasteiger partial charge in [0, 0.05) is 24.3 Å². The first kappa shape index (κ1) is 23.1. The summed E-state index contributed by atoms with van der Waals surface area (Å²) >= 11 is 30.3. The summed E-state index contributed by atoms with van der Waals surface area (Å²) in [5.41, 5.74) is 1.93. The summed E-state index contributed by atoms with van der Waals surface area (Å²) in [5, 5.41) is 7.22. The van der Waals surface area contributed by atoms with Crippen LogP contribution in [0.2, 0.25) is 25.1 Å². The van der Waals surface area contributed by atoms with Gasteiger partial charge in [-0.1, -0.05) is 58.0 Å². The number of halogens is 5. The molecule has 6 nitrogen and oxygen atoms in total. The Kier molecular flexibility index (Phi) is 7.47. The zero-order valence-electron chi connectivity index (χ0n) is 15.9. The average molecular weight is 512 g/mol. The van der Waals surface area contributed by atoms with E-state index in [4.69, 9.17) is 67.2 Å². The van der Waals surface area contributed by atoms with Gasteiger partial charge in [0.15, 0.2) is 11.5 Å². The molecule has 2 aromatic heterocycles. The van der Waals surface area contributed by atoms with E-state index in [1.165, 1.54) is 0 Å². The van der Waals surface area contributed by atoms with Crippen LogP contribution in [-0.2, 0) is 19.7 Å². The minimum absolute atomic E-state index is 0.0311. The van der Waals surface area contributed by atoms with Gasteiger partial charge in [-0.3, -0.25) is 9.48 Å². The van der Waals surface area contributed by atoms with E-state index in [9.17, 15) is 4.79 Å². The number of rotatable bonds is 7. The maximum absolute atomic E-state index is 12.4. The third-order valence-corrected chi connectivity index (χ3v) is 6.60. The first-order chi connectivity index (χ1) is 14.2. The Hall–Kier alpha value is -1.57. The van der Waals surface area contributed by atoms with Gasteiger partial charge in [-0.2, -0.15) is 5.10 Å². The van der Waals surface area contributed by atoms with Gasteiger partial charge in [0.1, 0.15) is 22.4 Å². The zero-order valence-corrected chi connectivity index (χ0v) is 19.6. The molecule has 0 saturated carbocycles. The lowest BCUT2D eigenvalue weighted by molar-refractivity contribution is 0.0919. The van der Waals surface area contributed by atoms with E-state index >= 15 is 0 Å². The third kappa shape index (κ3) is 4.68. The van der Waals surface area contributed by atoms with Crippen LogP contribution < -0.4 is 10.1 Å². The Morgan fingerprint density at radius 3 is 2.33 bits per heavy atom. The Balaban J connectivity index is 1.64. The normalized spacial score (nSPS) is 11.0. The number of carbonyl (C=O) groups is 1. The molecule has 1 N–H and O–H groups in total. The van der Waals surface area contributed by atoms with Gasteiger partial charge < -0.3 is 14.5 Å². The van der Waals surface area contributed by atoms with Gasteiger partial charge in [-0.25, -0.2) is 0 Å². The number of hydrogen-bond donors (Lipinski definition) is 1. The molecule has 1 amide bonds. The Morgan fingerprint density at radius 2 is 1.73 bits per heavy atom. The monoisotopic (exact) mass is 509 g/mol. The largest absolute Gasteiger partial charge is 0.482 e. The lowest BCUT2D eigenvalue weighted by Crippen LogP contribution is -2.22. The van der Waals surface area contributed by atoms with Crippen molar-refractivity contribution in [1.82, 2.24) is 15.1 Å². The Bertz CT molecular complexity index is 1060. The van der Waals surface area contributed by atoms with Crippen LogP contribution in [0, 0.1) is 6.92 Å². The minimum atomic E-state index is -0.362. The highest BCUT2D eigenvalue weighted by Gasteiger charge is 2.21. The standard InChI is InChI=1S/C19H16Cl5N3O3/c1-3-27-9(2)10(7-26-27)6-25-19(28)12-5-4-11(30-12)8-29-18-16(23)14(21)13(20)15(22)17(18)24/h4-5,7H,3,6,8H2,1-2H3,(H,25,28). The second-order valence-electron chi connectivity index (χ2n) is 6.21. The number of nitrogens with one attached hydrogen (secondary N) is 1. The first-order valence-corrected chi connectivity index (χ1v) is 10.7. The van der Waals surface area contributed by atoms with Crippen LogP contribution in [0.15, 0.2) is 22.7 Å². The van der Waals surface area contributed by atoms with Crippen LogP contribution in [0.1, 0.15) is 34.5 Å². The average Bonchev–Trinajstić information content (AvgIpc) is 3.35. The summed E-state index contributed by atoms with van der Waals surface area (Å²) in [6.07, 6.45) is 1.73. The van der Waals surface area contributed by atoms with Gasteiger partial charge in [-0.15, -0.1) is 0 Å². The summed E-state index contributed by atoms with van der Waals surface area (Å²) in [4.78, 5) is 12.4. The molecule has 1 aromatic carbocycles. The van der Waals surface area contributed by atoms with Gasteiger partial charge in [0.05, 0.1) is 21.3 Å². The molecule has 0 fully saturated rings. The lowest BCUT2D eigenvalue weighted by Gasteiger charge is -2.12. The predicted molar refractivity (Wildman–Crippen MR) is 118 cm³/mol. The van der Waals surface area contributed by atoms with Crippen LogP contribution in [-0.4, -0.2) is 15.7 Å². The van der Waals surface area contributed by atoms with Crippen molar-refractivity contribution in [3.05, 3.63) is 66.2 Å². The number of benzene rings is 1. The number of amides is 1. The molecule has 3 aromatic rings. The molecule has 2 heterocycles. The predicted octanol–water partition coefficient (Wildman–Crippen LogP) is 6.58. The van der Waals surface area contributed by atoms with E-state index in [0.717, 1.165) is 17.8 Å². The topological polar surface area (TPSA) is 69.3 Å². The molecule has 0 atom stereocenters. The number of hydrogen-bond acceptors (Lipinski definition) is 4. The van der Waals surface area contributed by atoms with E-state index in [-0.39, 0.29) is 49.1 Å². The highest BCUT2D eigenvalue weighted by molar-refractivity contribution is 6.55. The summed E-state index contributed by atoms with van der Waals surface area (Å²) in [7, 11) is 0. The van der Waals surface area contributed by atoms with Crippen LogP contribution in [0.3, 0.4) is 0 Å². The summed E-state index contributed by atoms with van der Waals surface area (Å²) < 4.78 is 13.0. The van der Waals surface area contributed by atoms with Crippen LogP contribution in [0.4, 0.5) is 0 Å². The SMILES string of the molecule is CCn1ncc(CNC(=O)c2ccc(COc3c(Cl)c(Cl)c(Cl)c(Cl)c3Cl)o2)c1C. The molecule has 0 aliphatic carbocycles. The minimum Gasteiger partial charge on any atom is -0.482 e. The molecular formula is C19H16Cl5N3O3. The van der Waals surface area contributed by atoms with Crippen molar-refractivity contribution in [1.29, 1.82) is 0 Å². The molecule has 11 heteroatoms. The smallest absolute Gasteiger partial charge is 0.287 e. The maximum atomic E-state index is 12.4. The zero-order chi connectivity index (χ0) is 22.0. The number of furan rings is 1. The molecule has 0 saturated heterocycles. The lowest BCUT2D eigenvalue weighted by atomic mass is 10.2. The van der Waals surface area contributed by atoms with Gasteiger partial charge in [-0.05, 0) is 26.0 Å². The van der Waals surface area contributed by atoms with E-state index in [1.807, 2.05) is 18.5 Å². The number of aryl methyl sites for hydroxylation is 1. The molecule has 0 unspecified atom stereocenters. The van der Waals surface area contributed by atoms with Crippen LogP contribution >= 0.6 is 58.0 Å². The summed E-state index contributed by atoms with van der Waals surface area (Å²) in [6.45, 7) is 5.00. The molecule has 0 aliphatic rings. The molecule has 3 rings (SSSR count). The number of aromatic nitrogens is 2. The fourth-order valence-corrected chi connectivity index (χ4v) is 3.90. The fourth-order valence-electron chi connectivity index (χ4n) is 2.67. The Morgan fingerprint density at radius 1 is 1.10 bits per heavy atom. The van der Waals surface area contributed by atoms with Crippen LogP contribution in [0.5, 0.6) is 5.75 Å². The second kappa shape index (κ2) is 9.71. The molecule has 0 bridgehead atoms. The number of ether oxygens (including phenoxy) is 1. The molecule has 0 radical (unpaired) electrons. The van der Waals surface area contributed by atoms with E-state index in [0.29, 0.717) is 12.3 Å². The molecule has 0 aliphatic heterocycles. The highest BCUT2D eigenvalue weighted by Crippen LogP contribution is 2.48. The summed E-state index contributed by atoms with van der Waals surface area (Å²) in [5.74, 6) is 0.227. The quantitative estimate of drug-likeness (QED) is 0.287. The van der Waals surface area contributed by atoms with E-state index in [1.54, 1.807) is 18.3 Å². The maximum Gasteiger partial charge on any atom is 0.287 e. The van der Waals surface area contributed by atoms with Crippen molar-refractivity contribution in [2.45, 2.75) is 33.5 Å². The number of nitrogens with zero attached hydrogens (tertiary/aromatic N) is 2. The van der Waals surface area contributed by atoms with Crippen LogP contribution in [0.25, 0.3) is 0 Å². The van der Waals surface area contributed by atoms with Gasteiger partial charge in [0.25, 0.3) is 5.91 Å². The first-order valence-electron chi connectivity index (χ1n) is 8.77. The van der Waals surface area contributed by atoms with Crippen molar-refractivity contribution >= 4 is 63.9 Å².